The van der Waals surface area contributed by atoms with Crippen LogP contribution in [-0.4, -0.2) is 17.3 Å². The van der Waals surface area contributed by atoms with Crippen LogP contribution < -0.4 is 5.73 Å². The highest BCUT2D eigenvalue weighted by Gasteiger charge is 2.23. The molecule has 108 valence electrons. The van der Waals surface area contributed by atoms with Crippen LogP contribution in [0.5, 0.6) is 0 Å². The van der Waals surface area contributed by atoms with Gasteiger partial charge in [-0.2, -0.15) is 4.98 Å². The van der Waals surface area contributed by atoms with Crippen molar-refractivity contribution in [1.82, 2.24) is 10.1 Å². The van der Waals surface area contributed by atoms with Gasteiger partial charge in [-0.15, -0.1) is 0 Å². The van der Waals surface area contributed by atoms with Crippen LogP contribution in [0.1, 0.15) is 25.8 Å². The molecule has 2 N–H and O–H groups in total. The van der Waals surface area contributed by atoms with Gasteiger partial charge in [-0.05, 0) is 34.0 Å². The summed E-state index contributed by atoms with van der Waals surface area (Å²) >= 11 is 6.81. The predicted octanol–water partition coefficient (Wildman–Crippen LogP) is 4.19. The molecule has 20 heavy (non-hydrogen) atoms. The number of halogens is 2. The number of nitrogens with zero attached hydrogens (tertiary/aromatic N) is 2. The summed E-state index contributed by atoms with van der Waals surface area (Å²) in [6.07, 6.45) is -0.204. The van der Waals surface area contributed by atoms with Gasteiger partial charge in [-0.25, -0.2) is 0 Å². The van der Waals surface area contributed by atoms with Crippen LogP contribution in [0, 0.1) is 5.92 Å². The minimum atomic E-state index is -0.204. The van der Waals surface area contributed by atoms with E-state index < -0.39 is 0 Å². The van der Waals surface area contributed by atoms with Gasteiger partial charge in [0.2, 0.25) is 5.82 Å². The molecule has 1 aromatic carbocycles. The lowest BCUT2D eigenvalue weighted by molar-refractivity contribution is 0.0556. The molecule has 0 saturated heterocycles. The molecule has 0 radical (unpaired) electrons. The monoisotopic (exact) mass is 403 g/mol. The zero-order valence-electron chi connectivity index (χ0n) is 11.4. The van der Waals surface area contributed by atoms with Gasteiger partial charge < -0.3 is 15.0 Å². The van der Waals surface area contributed by atoms with Crippen LogP contribution in [0.2, 0.25) is 0 Å². The van der Waals surface area contributed by atoms with Gasteiger partial charge in [-0.1, -0.05) is 34.9 Å². The lowest BCUT2D eigenvalue weighted by Crippen LogP contribution is -2.10. The molecule has 5 nitrogen and oxygen atoms in total. The Morgan fingerprint density at radius 3 is 2.60 bits per heavy atom. The van der Waals surface area contributed by atoms with Crippen molar-refractivity contribution in [3.8, 4) is 11.5 Å². The van der Waals surface area contributed by atoms with Crippen LogP contribution in [0.15, 0.2) is 25.6 Å². The van der Waals surface area contributed by atoms with Crippen molar-refractivity contribution in [2.45, 2.75) is 20.0 Å². The molecule has 1 heterocycles. The molecule has 2 aromatic rings. The van der Waals surface area contributed by atoms with E-state index in [1.807, 2.05) is 26.0 Å². The van der Waals surface area contributed by atoms with E-state index in [-0.39, 0.29) is 12.0 Å². The molecule has 0 spiro atoms. The summed E-state index contributed by atoms with van der Waals surface area (Å²) in [5.41, 5.74) is 7.28. The molecule has 7 heteroatoms. The Morgan fingerprint density at radius 2 is 2.00 bits per heavy atom. The number of ether oxygens (including phenoxy) is 1. The molecule has 0 saturated carbocycles. The van der Waals surface area contributed by atoms with Gasteiger partial charge in [0.25, 0.3) is 5.89 Å². The number of hydrogen-bond acceptors (Lipinski definition) is 5. The van der Waals surface area contributed by atoms with Gasteiger partial charge in [0.05, 0.1) is 11.3 Å². The van der Waals surface area contributed by atoms with Gasteiger partial charge in [0.1, 0.15) is 6.10 Å². The summed E-state index contributed by atoms with van der Waals surface area (Å²) < 4.78 is 12.3. The zero-order chi connectivity index (χ0) is 14.9. The Hall–Kier alpha value is -0.920. The Bertz CT molecular complexity index is 614. The molecule has 2 rings (SSSR count). The van der Waals surface area contributed by atoms with Crippen molar-refractivity contribution < 1.29 is 9.26 Å². The summed E-state index contributed by atoms with van der Waals surface area (Å²) in [6, 6.07) is 3.71. The summed E-state index contributed by atoms with van der Waals surface area (Å²) in [4.78, 5) is 4.39. The topological polar surface area (TPSA) is 74.2 Å². The maximum Gasteiger partial charge on any atom is 0.260 e. The van der Waals surface area contributed by atoms with Gasteiger partial charge in [0.15, 0.2) is 0 Å². The minimum Gasteiger partial charge on any atom is -0.397 e. The van der Waals surface area contributed by atoms with Gasteiger partial charge in [-0.3, -0.25) is 0 Å². The number of nitrogen functional groups attached to an aromatic ring is 1. The van der Waals surface area contributed by atoms with Crippen LogP contribution in [-0.2, 0) is 4.74 Å². The van der Waals surface area contributed by atoms with E-state index in [4.69, 9.17) is 15.0 Å². The largest absolute Gasteiger partial charge is 0.397 e. The molecule has 1 aromatic heterocycles. The van der Waals surface area contributed by atoms with Crippen LogP contribution >= 0.6 is 31.9 Å². The maximum atomic E-state index is 6.03. The first-order valence-corrected chi connectivity index (χ1v) is 7.64. The number of rotatable bonds is 4. The Morgan fingerprint density at radius 1 is 1.30 bits per heavy atom. The SMILES string of the molecule is COC(c1noc(-c2cc(Br)cc(Br)c2N)n1)C(C)C. The lowest BCUT2D eigenvalue weighted by atomic mass is 10.1. The van der Waals surface area contributed by atoms with Crippen molar-refractivity contribution in [3.05, 3.63) is 26.9 Å². The molecule has 0 aliphatic heterocycles. The van der Waals surface area contributed by atoms with E-state index >= 15 is 0 Å². The Balaban J connectivity index is 2.43. The van der Waals surface area contributed by atoms with Crippen molar-refractivity contribution in [3.63, 3.8) is 0 Å². The number of benzene rings is 1. The van der Waals surface area contributed by atoms with E-state index in [1.54, 1.807) is 7.11 Å². The van der Waals surface area contributed by atoms with Crippen LogP contribution in [0.25, 0.3) is 11.5 Å². The third kappa shape index (κ3) is 3.05. The Labute approximate surface area is 134 Å². The summed E-state index contributed by atoms with van der Waals surface area (Å²) in [5, 5.41) is 3.99. The van der Waals surface area contributed by atoms with E-state index in [9.17, 15) is 0 Å². The average molecular weight is 405 g/mol. The van der Waals surface area contributed by atoms with E-state index in [1.165, 1.54) is 0 Å². The van der Waals surface area contributed by atoms with Crippen molar-refractivity contribution >= 4 is 37.5 Å². The summed E-state index contributed by atoms with van der Waals surface area (Å²) in [7, 11) is 1.63. The predicted molar refractivity (Wildman–Crippen MR) is 84.1 cm³/mol. The van der Waals surface area contributed by atoms with Crippen molar-refractivity contribution in [2.75, 3.05) is 12.8 Å². The minimum absolute atomic E-state index is 0.204. The normalized spacial score (nSPS) is 12.9. The molecular weight excluding hydrogens is 390 g/mol. The quantitative estimate of drug-likeness (QED) is 0.773. The lowest BCUT2D eigenvalue weighted by Gasteiger charge is -2.14. The van der Waals surface area contributed by atoms with E-state index in [2.05, 4.69) is 42.0 Å². The number of aromatic nitrogens is 2. The fraction of sp³-hybridized carbons (Fsp3) is 0.385. The number of hydrogen-bond donors (Lipinski definition) is 1. The number of anilines is 1. The highest BCUT2D eigenvalue weighted by molar-refractivity contribution is 9.11. The first-order chi connectivity index (χ1) is 9.43. The van der Waals surface area contributed by atoms with Crippen LogP contribution in [0.4, 0.5) is 5.69 Å². The van der Waals surface area contributed by atoms with Gasteiger partial charge >= 0.3 is 0 Å². The molecule has 0 amide bonds. The van der Waals surface area contributed by atoms with Crippen molar-refractivity contribution in [2.24, 2.45) is 5.92 Å². The highest BCUT2D eigenvalue weighted by atomic mass is 79.9. The fourth-order valence-electron chi connectivity index (χ4n) is 1.90. The second kappa shape index (κ2) is 6.24. The van der Waals surface area contributed by atoms with E-state index in [0.717, 1.165) is 8.95 Å². The summed E-state index contributed by atoms with van der Waals surface area (Å²) in [6.45, 7) is 4.07. The molecule has 1 unspecified atom stereocenters. The summed E-state index contributed by atoms with van der Waals surface area (Å²) in [5.74, 6) is 1.15. The second-order valence-electron chi connectivity index (χ2n) is 4.71. The third-order valence-corrected chi connectivity index (χ3v) is 3.99. The fourth-order valence-corrected chi connectivity index (χ4v) is 3.12. The molecule has 0 bridgehead atoms. The van der Waals surface area contributed by atoms with Crippen LogP contribution in [0.3, 0.4) is 0 Å². The van der Waals surface area contributed by atoms with Crippen molar-refractivity contribution in [1.29, 1.82) is 0 Å². The van der Waals surface area contributed by atoms with E-state index in [0.29, 0.717) is 23.0 Å². The number of methoxy groups -OCH3 is 1. The zero-order valence-corrected chi connectivity index (χ0v) is 14.5. The molecule has 1 atom stereocenters. The molecular formula is C13H15Br2N3O2. The maximum absolute atomic E-state index is 6.03. The van der Waals surface area contributed by atoms with Gasteiger partial charge in [0, 0.05) is 16.1 Å². The number of nitrogens with two attached hydrogens (primary N) is 1. The average Bonchev–Trinajstić information content (AvgIpc) is 2.83. The molecule has 0 aliphatic rings. The highest BCUT2D eigenvalue weighted by Crippen LogP contribution is 2.35. The molecule has 0 aliphatic carbocycles. The molecule has 0 fully saturated rings. The first kappa shape index (κ1) is 15.5. The third-order valence-electron chi connectivity index (χ3n) is 2.88. The first-order valence-electron chi connectivity index (χ1n) is 6.05. The smallest absolute Gasteiger partial charge is 0.260 e. The standard InChI is InChI=1S/C13H15Br2N3O2/c1-6(2)11(19-3)12-17-13(20-18-12)8-4-7(14)5-9(15)10(8)16/h4-6,11H,16H2,1-3H3. The Kier molecular flexibility index (Phi) is 4.82. The second-order valence-corrected chi connectivity index (χ2v) is 6.48.